The highest BCUT2D eigenvalue weighted by atomic mass is 32.2. The Kier molecular flexibility index (Phi) is 6.65. The lowest BCUT2D eigenvalue weighted by atomic mass is 9.97. The highest BCUT2D eigenvalue weighted by Crippen LogP contribution is 2.43. The van der Waals surface area contributed by atoms with Gasteiger partial charge in [-0.3, -0.25) is 0 Å². The van der Waals surface area contributed by atoms with E-state index in [-0.39, 0.29) is 4.90 Å². The zero-order valence-electron chi connectivity index (χ0n) is 19.4. The maximum Gasteiger partial charge on any atom is 0.279 e. The summed E-state index contributed by atoms with van der Waals surface area (Å²) < 4.78 is 50.3. The van der Waals surface area contributed by atoms with Crippen LogP contribution < -0.4 is 18.9 Å². The van der Waals surface area contributed by atoms with Crippen LogP contribution in [-0.2, 0) is 10.0 Å². The van der Waals surface area contributed by atoms with Gasteiger partial charge in [-0.05, 0) is 36.4 Å². The molecular formula is C25H26N2O6S. The maximum absolute atomic E-state index is 13.7. The molecule has 9 heteroatoms. The van der Waals surface area contributed by atoms with Gasteiger partial charge in [0.1, 0.15) is 23.0 Å². The minimum Gasteiger partial charge on any atom is -0.497 e. The molecule has 0 aliphatic carbocycles. The van der Waals surface area contributed by atoms with Crippen LogP contribution in [0.5, 0.6) is 23.0 Å². The van der Waals surface area contributed by atoms with Gasteiger partial charge in [-0.25, -0.2) is 0 Å². The first-order valence-corrected chi connectivity index (χ1v) is 12.0. The van der Waals surface area contributed by atoms with Crippen molar-refractivity contribution < 1.29 is 27.4 Å². The van der Waals surface area contributed by atoms with E-state index in [0.29, 0.717) is 46.3 Å². The standard InChI is InChI=1S/C25H26N2O6S/c1-30-17-10-12-20(24(14-17)32-3)22-16-23(21-13-11-18(31-2)15-25(21)33-4)27(26-22)34(28,29)19-8-6-5-7-9-19/h5-15,23H,16H2,1-4H3. The minimum absolute atomic E-state index is 0.152. The summed E-state index contributed by atoms with van der Waals surface area (Å²) in [5.74, 6) is 2.28. The zero-order valence-corrected chi connectivity index (χ0v) is 20.2. The molecule has 1 heterocycles. The summed E-state index contributed by atoms with van der Waals surface area (Å²) in [6.45, 7) is 0. The number of nitrogens with zero attached hydrogens (tertiary/aromatic N) is 2. The Morgan fingerprint density at radius 1 is 0.794 bits per heavy atom. The predicted molar refractivity (Wildman–Crippen MR) is 128 cm³/mol. The van der Waals surface area contributed by atoms with Gasteiger partial charge in [-0.15, -0.1) is 0 Å². The average Bonchev–Trinajstić information content (AvgIpc) is 3.34. The van der Waals surface area contributed by atoms with E-state index < -0.39 is 16.1 Å². The number of hydrogen-bond donors (Lipinski definition) is 0. The Labute approximate surface area is 199 Å². The van der Waals surface area contributed by atoms with Gasteiger partial charge in [-0.1, -0.05) is 18.2 Å². The molecule has 0 saturated carbocycles. The third-order valence-electron chi connectivity index (χ3n) is 5.68. The molecular weight excluding hydrogens is 456 g/mol. The van der Waals surface area contributed by atoms with Gasteiger partial charge < -0.3 is 18.9 Å². The quantitative estimate of drug-likeness (QED) is 0.477. The fourth-order valence-electron chi connectivity index (χ4n) is 3.94. The number of benzene rings is 3. The third kappa shape index (κ3) is 4.26. The first-order valence-electron chi connectivity index (χ1n) is 10.5. The topological polar surface area (TPSA) is 86.7 Å². The molecule has 34 heavy (non-hydrogen) atoms. The number of rotatable bonds is 8. The lowest BCUT2D eigenvalue weighted by Gasteiger charge is -2.25. The molecule has 1 atom stereocenters. The van der Waals surface area contributed by atoms with Gasteiger partial charge in [0.2, 0.25) is 0 Å². The van der Waals surface area contributed by atoms with Gasteiger partial charge in [0.25, 0.3) is 10.0 Å². The summed E-state index contributed by atoms with van der Waals surface area (Å²) in [6.07, 6.45) is 0.317. The van der Waals surface area contributed by atoms with Crippen LogP contribution in [0.3, 0.4) is 0 Å². The normalized spacial score (nSPS) is 15.6. The number of hydrazone groups is 1. The summed E-state index contributed by atoms with van der Waals surface area (Å²) in [4.78, 5) is 0.152. The Balaban J connectivity index is 1.86. The molecule has 4 rings (SSSR count). The minimum atomic E-state index is -3.96. The highest BCUT2D eigenvalue weighted by molar-refractivity contribution is 7.89. The van der Waals surface area contributed by atoms with E-state index in [1.165, 1.54) is 7.11 Å². The highest BCUT2D eigenvalue weighted by Gasteiger charge is 2.39. The zero-order chi connectivity index (χ0) is 24.3. The number of hydrogen-bond acceptors (Lipinski definition) is 7. The van der Waals surface area contributed by atoms with Gasteiger partial charge in [0.15, 0.2) is 0 Å². The lowest BCUT2D eigenvalue weighted by Crippen LogP contribution is -2.27. The van der Waals surface area contributed by atoms with Crippen LogP contribution >= 0.6 is 0 Å². The van der Waals surface area contributed by atoms with Crippen LogP contribution in [0.4, 0.5) is 0 Å². The average molecular weight is 483 g/mol. The first kappa shape index (κ1) is 23.4. The smallest absolute Gasteiger partial charge is 0.279 e. The summed E-state index contributed by atoms with van der Waals surface area (Å²) in [5, 5.41) is 4.60. The second-order valence-electron chi connectivity index (χ2n) is 7.53. The molecule has 178 valence electrons. The van der Waals surface area contributed by atoms with E-state index in [4.69, 9.17) is 18.9 Å². The second kappa shape index (κ2) is 9.64. The molecule has 0 aromatic heterocycles. The van der Waals surface area contributed by atoms with Crippen molar-refractivity contribution in [2.24, 2.45) is 5.10 Å². The molecule has 0 fully saturated rings. The summed E-state index contributed by atoms with van der Waals surface area (Å²) in [5.41, 5.74) is 1.93. The Morgan fingerprint density at radius 2 is 1.41 bits per heavy atom. The van der Waals surface area contributed by atoms with Crippen molar-refractivity contribution in [1.82, 2.24) is 4.41 Å². The van der Waals surface area contributed by atoms with E-state index in [0.717, 1.165) is 4.41 Å². The summed E-state index contributed by atoms with van der Waals surface area (Å²) in [7, 11) is 2.27. The molecule has 0 amide bonds. The number of ether oxygens (including phenoxy) is 4. The van der Waals surface area contributed by atoms with E-state index in [1.807, 2.05) is 6.07 Å². The van der Waals surface area contributed by atoms with Crippen LogP contribution in [0, 0.1) is 0 Å². The van der Waals surface area contributed by atoms with Crippen LogP contribution in [0.15, 0.2) is 76.7 Å². The summed E-state index contributed by atoms with van der Waals surface area (Å²) >= 11 is 0. The van der Waals surface area contributed by atoms with Gasteiger partial charge in [0, 0.05) is 29.7 Å². The van der Waals surface area contributed by atoms with Gasteiger partial charge in [0.05, 0.1) is 45.1 Å². The molecule has 1 aliphatic heterocycles. The van der Waals surface area contributed by atoms with Crippen LogP contribution in [0.2, 0.25) is 0 Å². The van der Waals surface area contributed by atoms with Gasteiger partial charge in [-0.2, -0.15) is 17.9 Å². The maximum atomic E-state index is 13.7. The van der Waals surface area contributed by atoms with Crippen molar-refractivity contribution in [2.75, 3.05) is 28.4 Å². The number of methoxy groups -OCH3 is 4. The molecule has 1 unspecified atom stereocenters. The molecule has 1 aliphatic rings. The molecule has 0 bridgehead atoms. The second-order valence-corrected chi connectivity index (χ2v) is 9.33. The fraction of sp³-hybridized carbons (Fsp3) is 0.240. The van der Waals surface area contributed by atoms with E-state index in [2.05, 4.69) is 5.10 Å². The predicted octanol–water partition coefficient (Wildman–Crippen LogP) is 4.26. The Bertz CT molecular complexity index is 1310. The van der Waals surface area contributed by atoms with E-state index >= 15 is 0 Å². The first-order chi connectivity index (χ1) is 16.4. The monoisotopic (exact) mass is 482 g/mol. The molecule has 0 radical (unpaired) electrons. The molecule has 0 saturated heterocycles. The Hall–Kier alpha value is -3.72. The van der Waals surface area contributed by atoms with Crippen LogP contribution in [-0.4, -0.2) is 47.0 Å². The number of sulfonamides is 1. The molecule has 3 aromatic rings. The molecule has 8 nitrogen and oxygen atoms in total. The largest absolute Gasteiger partial charge is 0.497 e. The summed E-state index contributed by atoms with van der Waals surface area (Å²) in [6, 6.07) is 18.3. The molecule has 0 spiro atoms. The van der Waals surface area contributed by atoms with Crippen molar-refractivity contribution in [3.05, 3.63) is 77.9 Å². The van der Waals surface area contributed by atoms with Crippen molar-refractivity contribution in [3.63, 3.8) is 0 Å². The molecule has 0 N–H and O–H groups in total. The van der Waals surface area contributed by atoms with E-state index in [9.17, 15) is 8.42 Å². The van der Waals surface area contributed by atoms with Crippen molar-refractivity contribution >= 4 is 15.7 Å². The Morgan fingerprint density at radius 3 is 2.03 bits per heavy atom. The SMILES string of the molecule is COc1ccc(C2=NN(S(=O)(=O)c3ccccc3)C(c3ccc(OC)cc3OC)C2)c(OC)c1. The van der Waals surface area contributed by atoms with Gasteiger partial charge >= 0.3 is 0 Å². The fourth-order valence-corrected chi connectivity index (χ4v) is 5.38. The van der Waals surface area contributed by atoms with E-state index in [1.54, 1.807) is 82.0 Å². The molecule has 3 aromatic carbocycles. The van der Waals surface area contributed by atoms with Crippen molar-refractivity contribution in [3.8, 4) is 23.0 Å². The van der Waals surface area contributed by atoms with Crippen LogP contribution in [0.1, 0.15) is 23.6 Å². The van der Waals surface area contributed by atoms with Crippen LogP contribution in [0.25, 0.3) is 0 Å². The van der Waals surface area contributed by atoms with Crippen molar-refractivity contribution in [2.45, 2.75) is 17.4 Å². The lowest BCUT2D eigenvalue weighted by molar-refractivity contribution is 0.347. The third-order valence-corrected chi connectivity index (χ3v) is 7.38. The van der Waals surface area contributed by atoms with Crippen molar-refractivity contribution in [1.29, 1.82) is 0 Å².